The summed E-state index contributed by atoms with van der Waals surface area (Å²) in [7, 11) is 1.76. The van der Waals surface area contributed by atoms with Crippen molar-refractivity contribution in [2.45, 2.75) is 0 Å². The zero-order valence-electron chi connectivity index (χ0n) is 9.17. The highest BCUT2D eigenvalue weighted by atomic mass is 35.5. The van der Waals surface area contributed by atoms with Gasteiger partial charge in [-0.1, -0.05) is 41.4 Å². The highest BCUT2D eigenvalue weighted by molar-refractivity contribution is 6.37. The van der Waals surface area contributed by atoms with Crippen molar-refractivity contribution in [1.82, 2.24) is 4.98 Å². The van der Waals surface area contributed by atoms with Crippen molar-refractivity contribution in [2.75, 3.05) is 17.7 Å². The Balaban J connectivity index is 2.33. The number of hydrogen-bond acceptors (Lipinski definition) is 3. The topological polar surface area (TPSA) is 37.0 Å². The lowest BCUT2D eigenvalue weighted by Crippen LogP contribution is -1.99. The first kappa shape index (κ1) is 12.0. The molecule has 2 N–H and O–H groups in total. The smallest absolute Gasteiger partial charge is 0.151 e. The van der Waals surface area contributed by atoms with Gasteiger partial charge in [-0.2, -0.15) is 0 Å². The van der Waals surface area contributed by atoms with Gasteiger partial charge in [0, 0.05) is 12.7 Å². The molecule has 1 heterocycles. The van der Waals surface area contributed by atoms with Crippen molar-refractivity contribution in [3.63, 3.8) is 0 Å². The fourth-order valence-electron chi connectivity index (χ4n) is 1.39. The van der Waals surface area contributed by atoms with E-state index in [1.54, 1.807) is 13.1 Å². The first-order valence-electron chi connectivity index (χ1n) is 5.06. The zero-order chi connectivity index (χ0) is 12.3. The minimum atomic E-state index is 0.484. The number of benzene rings is 1. The number of pyridine rings is 1. The normalized spacial score (nSPS) is 10.1. The molecule has 2 aromatic rings. The Morgan fingerprint density at radius 3 is 2.29 bits per heavy atom. The van der Waals surface area contributed by atoms with Crippen molar-refractivity contribution >= 4 is 40.5 Å². The average molecular weight is 268 g/mol. The summed E-state index contributed by atoms with van der Waals surface area (Å²) in [6.07, 6.45) is 0. The largest absolute Gasteiger partial charge is 0.372 e. The van der Waals surface area contributed by atoms with E-state index in [1.165, 1.54) is 0 Å². The molecule has 1 aromatic heterocycles. The highest BCUT2D eigenvalue weighted by Gasteiger charge is 2.08. The van der Waals surface area contributed by atoms with Gasteiger partial charge >= 0.3 is 0 Å². The summed E-state index contributed by atoms with van der Waals surface area (Å²) >= 11 is 12.0. The van der Waals surface area contributed by atoms with E-state index in [1.807, 2.05) is 30.3 Å². The molecule has 2 rings (SSSR count). The second kappa shape index (κ2) is 5.25. The number of aromatic nitrogens is 1. The quantitative estimate of drug-likeness (QED) is 0.877. The predicted molar refractivity (Wildman–Crippen MR) is 73.5 cm³/mol. The van der Waals surface area contributed by atoms with Crippen LogP contribution < -0.4 is 10.6 Å². The van der Waals surface area contributed by atoms with E-state index in [9.17, 15) is 0 Å². The van der Waals surface area contributed by atoms with Crippen molar-refractivity contribution in [3.05, 3.63) is 46.4 Å². The number of para-hydroxylation sites is 1. The lowest BCUT2D eigenvalue weighted by atomic mass is 10.3. The molecule has 0 spiro atoms. The van der Waals surface area contributed by atoms with Crippen molar-refractivity contribution in [2.24, 2.45) is 0 Å². The maximum atomic E-state index is 6.07. The van der Waals surface area contributed by atoms with E-state index in [4.69, 9.17) is 23.2 Å². The van der Waals surface area contributed by atoms with Gasteiger partial charge in [0.1, 0.15) is 5.82 Å². The lowest BCUT2D eigenvalue weighted by molar-refractivity contribution is 1.28. The molecule has 0 amide bonds. The average Bonchev–Trinajstić information content (AvgIpc) is 2.34. The van der Waals surface area contributed by atoms with Crippen LogP contribution in [0.1, 0.15) is 0 Å². The Hall–Kier alpha value is -1.45. The van der Waals surface area contributed by atoms with Gasteiger partial charge in [0.2, 0.25) is 0 Å². The maximum Gasteiger partial charge on any atom is 0.151 e. The first-order valence-corrected chi connectivity index (χ1v) is 5.82. The van der Waals surface area contributed by atoms with Crippen molar-refractivity contribution < 1.29 is 0 Å². The van der Waals surface area contributed by atoms with Gasteiger partial charge in [-0.15, -0.1) is 0 Å². The van der Waals surface area contributed by atoms with Gasteiger partial charge in [0.05, 0.1) is 10.0 Å². The molecule has 0 atom stereocenters. The summed E-state index contributed by atoms with van der Waals surface area (Å²) < 4.78 is 0. The third-order valence-electron chi connectivity index (χ3n) is 2.20. The monoisotopic (exact) mass is 267 g/mol. The number of nitrogens with zero attached hydrogens (tertiary/aromatic N) is 1. The molecule has 0 aliphatic rings. The number of nitrogens with one attached hydrogen (secondary N) is 2. The van der Waals surface area contributed by atoms with Crippen LogP contribution in [0.4, 0.5) is 17.3 Å². The van der Waals surface area contributed by atoms with Gasteiger partial charge in [-0.3, -0.25) is 0 Å². The highest BCUT2D eigenvalue weighted by Crippen LogP contribution is 2.30. The Morgan fingerprint density at radius 1 is 1.00 bits per heavy atom. The molecule has 0 bridgehead atoms. The van der Waals surface area contributed by atoms with Crippen molar-refractivity contribution in [1.29, 1.82) is 0 Å². The molecule has 0 unspecified atom stereocenters. The van der Waals surface area contributed by atoms with Crippen LogP contribution in [-0.2, 0) is 0 Å². The molecule has 0 radical (unpaired) electrons. The van der Waals surface area contributed by atoms with Gasteiger partial charge in [0.25, 0.3) is 0 Å². The molecule has 17 heavy (non-hydrogen) atoms. The van der Waals surface area contributed by atoms with Gasteiger partial charge in [0.15, 0.2) is 5.82 Å². The van der Waals surface area contributed by atoms with E-state index in [0.29, 0.717) is 21.7 Å². The maximum absolute atomic E-state index is 6.07. The molecular weight excluding hydrogens is 257 g/mol. The van der Waals surface area contributed by atoms with E-state index < -0.39 is 0 Å². The van der Waals surface area contributed by atoms with Crippen LogP contribution in [-0.4, -0.2) is 12.0 Å². The van der Waals surface area contributed by atoms with Crippen molar-refractivity contribution in [3.8, 4) is 0 Å². The molecule has 0 aliphatic carbocycles. The molecule has 3 nitrogen and oxygen atoms in total. The van der Waals surface area contributed by atoms with Crippen LogP contribution in [0, 0.1) is 0 Å². The molecule has 0 aliphatic heterocycles. The first-order chi connectivity index (χ1) is 8.20. The van der Waals surface area contributed by atoms with Crippen LogP contribution in [0.2, 0.25) is 10.0 Å². The molecule has 0 fully saturated rings. The summed E-state index contributed by atoms with van der Waals surface area (Å²) in [5.74, 6) is 1.17. The fraction of sp³-hybridized carbons (Fsp3) is 0.0833. The van der Waals surface area contributed by atoms with Gasteiger partial charge < -0.3 is 10.6 Å². The second-order valence-corrected chi connectivity index (χ2v) is 4.20. The Kier molecular flexibility index (Phi) is 3.71. The van der Waals surface area contributed by atoms with Crippen LogP contribution in [0.3, 0.4) is 0 Å². The molecule has 88 valence electrons. The Bertz CT molecular complexity index is 515. The minimum Gasteiger partial charge on any atom is -0.372 e. The summed E-state index contributed by atoms with van der Waals surface area (Å²) in [5, 5.41) is 7.02. The van der Waals surface area contributed by atoms with Crippen LogP contribution in [0.5, 0.6) is 0 Å². The fourth-order valence-corrected chi connectivity index (χ4v) is 1.89. The van der Waals surface area contributed by atoms with E-state index >= 15 is 0 Å². The minimum absolute atomic E-state index is 0.484. The second-order valence-electron chi connectivity index (χ2n) is 3.39. The Morgan fingerprint density at radius 2 is 1.65 bits per heavy atom. The molecule has 0 saturated heterocycles. The third kappa shape index (κ3) is 2.81. The molecule has 1 aromatic carbocycles. The SMILES string of the molecule is CNc1nc(Nc2ccccc2)c(Cl)cc1Cl. The summed E-state index contributed by atoms with van der Waals surface area (Å²) in [6.45, 7) is 0. The number of anilines is 3. The zero-order valence-corrected chi connectivity index (χ0v) is 10.7. The van der Waals surface area contributed by atoms with Crippen LogP contribution in [0.25, 0.3) is 0 Å². The van der Waals surface area contributed by atoms with E-state index in [-0.39, 0.29) is 0 Å². The van der Waals surface area contributed by atoms with Gasteiger partial charge in [-0.25, -0.2) is 4.98 Å². The number of rotatable bonds is 3. The molecule has 5 heteroatoms. The Labute approximate surface area is 110 Å². The standard InChI is InChI=1S/C12H11Cl2N3/c1-15-11-9(13)7-10(14)12(17-11)16-8-5-3-2-4-6-8/h2-7H,1H3,(H2,15,16,17). The van der Waals surface area contributed by atoms with Crippen LogP contribution >= 0.6 is 23.2 Å². The number of halogens is 2. The summed E-state index contributed by atoms with van der Waals surface area (Å²) in [4.78, 5) is 4.30. The molecular formula is C12H11Cl2N3. The summed E-state index contributed by atoms with van der Waals surface area (Å²) in [5.41, 5.74) is 0.922. The number of hydrogen-bond donors (Lipinski definition) is 2. The van der Waals surface area contributed by atoms with Gasteiger partial charge in [-0.05, 0) is 18.2 Å². The predicted octanol–water partition coefficient (Wildman–Crippen LogP) is 4.17. The van der Waals surface area contributed by atoms with Crippen LogP contribution in [0.15, 0.2) is 36.4 Å². The summed E-state index contributed by atoms with van der Waals surface area (Å²) in [6, 6.07) is 11.3. The van der Waals surface area contributed by atoms with E-state index in [0.717, 1.165) is 5.69 Å². The van der Waals surface area contributed by atoms with E-state index in [2.05, 4.69) is 15.6 Å². The third-order valence-corrected chi connectivity index (χ3v) is 2.78. The molecule has 0 saturated carbocycles. The lowest BCUT2D eigenvalue weighted by Gasteiger charge is -2.10.